The van der Waals surface area contributed by atoms with Gasteiger partial charge in [0.2, 0.25) is 10.0 Å². The average molecular weight is 609 g/mol. The number of halogens is 1. The fraction of sp³-hybridized carbons (Fsp3) is 0.600. The molecule has 1 aliphatic heterocycles. The second-order valence-electron chi connectivity index (χ2n) is 11.2. The molecule has 0 amide bonds. The number of likely N-dealkylation sites (tertiary alicyclic amines) is 1. The largest absolute Gasteiger partial charge is 0.484 e. The monoisotopic (exact) mass is 608 g/mol. The topological polar surface area (TPSA) is 106 Å². The number of hydrogen-bond donors (Lipinski definition) is 2. The van der Waals surface area contributed by atoms with Gasteiger partial charge in [0.25, 0.3) is 0 Å². The van der Waals surface area contributed by atoms with Gasteiger partial charge in [-0.05, 0) is 106 Å². The molecule has 228 valence electrons. The molecule has 2 aromatic carbocycles. The molecule has 1 aliphatic carbocycles. The first-order chi connectivity index (χ1) is 19.6. The van der Waals surface area contributed by atoms with Crippen LogP contribution in [-0.2, 0) is 25.9 Å². The van der Waals surface area contributed by atoms with E-state index in [4.69, 9.17) is 31.5 Å². The highest BCUT2D eigenvalue weighted by molar-refractivity contribution is 7.89. The Morgan fingerprint density at radius 2 is 1.83 bits per heavy atom. The van der Waals surface area contributed by atoms with Crippen molar-refractivity contribution < 1.29 is 22.6 Å². The molecular formula is C30H45ClN4O5S. The van der Waals surface area contributed by atoms with E-state index in [1.807, 2.05) is 19.1 Å². The lowest BCUT2D eigenvalue weighted by Gasteiger charge is -2.41. The third kappa shape index (κ3) is 8.20. The van der Waals surface area contributed by atoms with Gasteiger partial charge in [0.15, 0.2) is 0 Å². The maximum absolute atomic E-state index is 12.9. The number of sulfonamides is 1. The van der Waals surface area contributed by atoms with Gasteiger partial charge in [0.05, 0.1) is 37.4 Å². The average Bonchev–Trinajstić information content (AvgIpc) is 3.29. The van der Waals surface area contributed by atoms with Crippen molar-refractivity contribution in [3.05, 3.63) is 57.6 Å². The molecule has 2 aliphatic rings. The molecule has 0 spiro atoms. The number of piperidine rings is 1. The number of ether oxygens (including phenoxy) is 3. The third-order valence-electron chi connectivity index (χ3n) is 8.05. The normalized spacial score (nSPS) is 21.4. The van der Waals surface area contributed by atoms with Gasteiger partial charge in [-0.2, -0.15) is 0 Å². The summed E-state index contributed by atoms with van der Waals surface area (Å²) in [6, 6.07) is 9.77. The minimum atomic E-state index is -3.69. The second kappa shape index (κ2) is 14.6. The summed E-state index contributed by atoms with van der Waals surface area (Å²) in [7, 11) is 0.604. The van der Waals surface area contributed by atoms with Gasteiger partial charge in [-0.25, -0.2) is 13.1 Å². The number of nitrogens with one attached hydrogen (secondary N) is 1. The Kier molecular flexibility index (Phi) is 11.5. The number of fused-ring (bicyclic) bond motifs is 1. The highest BCUT2D eigenvalue weighted by Gasteiger charge is 2.41. The molecule has 1 saturated heterocycles. The van der Waals surface area contributed by atoms with Crippen LogP contribution in [0.1, 0.15) is 41.2 Å². The number of rotatable bonds is 14. The summed E-state index contributed by atoms with van der Waals surface area (Å²) >= 11 is 6.52. The van der Waals surface area contributed by atoms with Crippen LogP contribution in [0.15, 0.2) is 35.2 Å². The lowest BCUT2D eigenvalue weighted by molar-refractivity contribution is 0.0377. The lowest BCUT2D eigenvalue weighted by atomic mass is 10.0. The number of aryl methyl sites for hydroxylation is 2. The summed E-state index contributed by atoms with van der Waals surface area (Å²) in [5, 5.41) is 0.705. The minimum absolute atomic E-state index is 0.168. The standard InChI is InChI=1S/C30H45ClN4O5S/c1-21-16-23(31)18-27-26(21)19-28(35-11-5-6-24(20-35)34(3)4)30(27)40-29-8-7-25(17-22(29)2)41(36,37)33-10-13-39-15-14-38-12-9-32/h7-8,16-18,24,28,30,33H,5-6,9-15,19-20,32H2,1-4H3/t24-,28+,30+/m1/s1. The van der Waals surface area contributed by atoms with Crippen LogP contribution < -0.4 is 15.2 Å². The van der Waals surface area contributed by atoms with Crippen LogP contribution in [-0.4, -0.2) is 97.0 Å². The fourth-order valence-corrected chi connectivity index (χ4v) is 7.20. The molecule has 0 saturated carbocycles. The van der Waals surface area contributed by atoms with Crippen molar-refractivity contribution in [1.82, 2.24) is 14.5 Å². The maximum atomic E-state index is 12.9. The summed E-state index contributed by atoms with van der Waals surface area (Å²) in [6.07, 6.45) is 3.04. The number of hydrogen-bond acceptors (Lipinski definition) is 8. The van der Waals surface area contributed by atoms with Gasteiger partial charge in [-0.3, -0.25) is 4.90 Å². The Bertz CT molecular complexity index is 1280. The van der Waals surface area contributed by atoms with E-state index >= 15 is 0 Å². The van der Waals surface area contributed by atoms with Crippen molar-refractivity contribution in [3.8, 4) is 5.75 Å². The molecule has 0 unspecified atom stereocenters. The Hall–Kier alpha value is -1.76. The molecule has 41 heavy (non-hydrogen) atoms. The van der Waals surface area contributed by atoms with Crippen molar-refractivity contribution >= 4 is 21.6 Å². The first-order valence-electron chi connectivity index (χ1n) is 14.4. The van der Waals surface area contributed by atoms with E-state index in [-0.39, 0.29) is 30.2 Å². The van der Waals surface area contributed by atoms with E-state index in [0.29, 0.717) is 43.2 Å². The van der Waals surface area contributed by atoms with Crippen molar-refractivity contribution in [3.63, 3.8) is 0 Å². The number of nitrogens with zero attached hydrogens (tertiary/aromatic N) is 2. The smallest absolute Gasteiger partial charge is 0.240 e. The van der Waals surface area contributed by atoms with E-state index in [1.165, 1.54) is 17.5 Å². The SMILES string of the molecule is Cc1cc(S(=O)(=O)NCCOCCOCCN)ccc1O[C@H]1c2cc(Cl)cc(C)c2C[C@@H]1N1CCC[C@@H](N(C)C)C1. The molecule has 0 bridgehead atoms. The van der Waals surface area contributed by atoms with Gasteiger partial charge in [0, 0.05) is 30.7 Å². The number of nitrogens with two attached hydrogens (primary N) is 1. The molecule has 11 heteroatoms. The van der Waals surface area contributed by atoms with E-state index in [0.717, 1.165) is 37.1 Å². The third-order valence-corrected chi connectivity index (χ3v) is 9.73. The summed E-state index contributed by atoms with van der Waals surface area (Å²) in [5.74, 6) is 0.673. The Morgan fingerprint density at radius 1 is 1.07 bits per heavy atom. The minimum Gasteiger partial charge on any atom is -0.484 e. The predicted octanol–water partition coefficient (Wildman–Crippen LogP) is 3.30. The van der Waals surface area contributed by atoms with Crippen LogP contribution in [0.4, 0.5) is 0 Å². The van der Waals surface area contributed by atoms with Crippen molar-refractivity contribution in [1.29, 1.82) is 0 Å². The molecule has 2 aromatic rings. The van der Waals surface area contributed by atoms with Crippen molar-refractivity contribution in [2.75, 3.05) is 66.7 Å². The molecule has 3 N–H and O–H groups in total. The zero-order valence-corrected chi connectivity index (χ0v) is 26.3. The molecule has 3 atom stereocenters. The maximum Gasteiger partial charge on any atom is 0.240 e. The number of likely N-dealkylation sites (N-methyl/N-ethyl adjacent to an activating group) is 1. The molecule has 0 aromatic heterocycles. The lowest BCUT2D eigenvalue weighted by Crippen LogP contribution is -2.51. The first-order valence-corrected chi connectivity index (χ1v) is 16.3. The highest BCUT2D eigenvalue weighted by Crippen LogP contribution is 2.42. The second-order valence-corrected chi connectivity index (χ2v) is 13.4. The highest BCUT2D eigenvalue weighted by atomic mass is 35.5. The molecule has 4 rings (SSSR count). The van der Waals surface area contributed by atoms with Gasteiger partial charge in [-0.15, -0.1) is 0 Å². The van der Waals surface area contributed by atoms with E-state index in [2.05, 4.69) is 35.5 Å². The first kappa shape index (κ1) is 32.2. The summed E-state index contributed by atoms with van der Waals surface area (Å²) in [5.41, 5.74) is 9.74. The predicted molar refractivity (Wildman–Crippen MR) is 162 cm³/mol. The van der Waals surface area contributed by atoms with Crippen LogP contribution in [0, 0.1) is 13.8 Å². The van der Waals surface area contributed by atoms with Crippen molar-refractivity contribution in [2.24, 2.45) is 5.73 Å². The fourth-order valence-electron chi connectivity index (χ4n) is 5.82. The van der Waals surface area contributed by atoms with Gasteiger partial charge in [-0.1, -0.05) is 11.6 Å². The van der Waals surface area contributed by atoms with Gasteiger partial charge >= 0.3 is 0 Å². The Balaban J connectivity index is 1.46. The molecular weight excluding hydrogens is 564 g/mol. The quantitative estimate of drug-likeness (QED) is 0.315. The summed E-state index contributed by atoms with van der Waals surface area (Å²) < 4.78 is 45.9. The van der Waals surface area contributed by atoms with Gasteiger partial charge < -0.3 is 24.8 Å². The van der Waals surface area contributed by atoms with Crippen LogP contribution in [0.2, 0.25) is 5.02 Å². The zero-order chi connectivity index (χ0) is 29.6. The van der Waals surface area contributed by atoms with Crippen molar-refractivity contribution in [2.45, 2.75) is 56.2 Å². The Morgan fingerprint density at radius 3 is 2.54 bits per heavy atom. The van der Waals surface area contributed by atoms with E-state index in [1.54, 1.807) is 18.2 Å². The van der Waals surface area contributed by atoms with Crippen LogP contribution in [0.5, 0.6) is 5.75 Å². The Labute approximate surface area is 250 Å². The van der Waals surface area contributed by atoms with E-state index in [9.17, 15) is 8.42 Å². The van der Waals surface area contributed by atoms with Crippen LogP contribution >= 0.6 is 11.6 Å². The molecule has 9 nitrogen and oxygen atoms in total. The molecule has 1 heterocycles. The van der Waals surface area contributed by atoms with Crippen LogP contribution in [0.3, 0.4) is 0 Å². The molecule has 1 fully saturated rings. The van der Waals surface area contributed by atoms with E-state index < -0.39 is 10.0 Å². The van der Waals surface area contributed by atoms with Crippen LogP contribution in [0.25, 0.3) is 0 Å². The zero-order valence-electron chi connectivity index (χ0n) is 24.7. The number of benzene rings is 2. The van der Waals surface area contributed by atoms with Gasteiger partial charge in [0.1, 0.15) is 11.9 Å². The summed E-state index contributed by atoms with van der Waals surface area (Å²) in [4.78, 5) is 5.07. The molecule has 0 radical (unpaired) electrons. The summed E-state index contributed by atoms with van der Waals surface area (Å²) in [6.45, 7) is 8.19.